The Bertz CT molecular complexity index is 961. The molecule has 0 heterocycles. The summed E-state index contributed by atoms with van der Waals surface area (Å²) in [7, 11) is 0. The molecule has 2 N–H and O–H groups in total. The maximum atomic E-state index is 13.0. The molecule has 0 aromatic heterocycles. The van der Waals surface area contributed by atoms with E-state index in [2.05, 4.69) is 86.8 Å². The van der Waals surface area contributed by atoms with Gasteiger partial charge in [0.25, 0.3) is 0 Å². The number of carbonyl (C=O) groups excluding carboxylic acids is 3. The van der Waals surface area contributed by atoms with E-state index in [0.29, 0.717) is 12.8 Å². The predicted octanol–water partition coefficient (Wildman–Crippen LogP) is 11.0. The number of rotatable bonds is 29. The third kappa shape index (κ3) is 26.6. The van der Waals surface area contributed by atoms with Gasteiger partial charge in [0.2, 0.25) is 5.91 Å². The van der Waals surface area contributed by atoms with Crippen molar-refractivity contribution in [1.29, 1.82) is 0 Å². The first-order valence-electron chi connectivity index (χ1n) is 17.4. The zero-order valence-electron chi connectivity index (χ0n) is 28.3. The van der Waals surface area contributed by atoms with Gasteiger partial charge in [-0.15, -0.1) is 0 Å². The Balaban J connectivity index is 4.32. The maximum absolute atomic E-state index is 13.0. The van der Waals surface area contributed by atoms with Crippen LogP contribution in [0.5, 0.6) is 0 Å². The molecule has 0 aliphatic rings. The molecule has 0 spiro atoms. The summed E-state index contributed by atoms with van der Waals surface area (Å²) in [6.07, 6.45) is 46.3. The molecule has 0 aromatic carbocycles. The molecule has 246 valence electrons. The average molecular weight is 606 g/mol. The summed E-state index contributed by atoms with van der Waals surface area (Å²) in [4.78, 5) is 37.4. The molecular weight excluding hydrogens is 542 g/mol. The van der Waals surface area contributed by atoms with E-state index in [1.54, 1.807) is 0 Å². The molecule has 0 saturated carbocycles. The SMILES string of the molecule is CC/C=C\C/C=C\C/C=C\CCCCCCCC(=O)C(CCCCCC/C=C\C/C=C\C/C=C\CC)C(=O)/C=C(\C)C(N)=O. The summed E-state index contributed by atoms with van der Waals surface area (Å²) < 4.78 is 0. The lowest BCUT2D eigenvalue weighted by Crippen LogP contribution is -2.24. The number of unbranched alkanes of at least 4 members (excludes halogenated alkanes) is 9. The second kappa shape index (κ2) is 31.4. The third-order valence-corrected chi connectivity index (χ3v) is 7.45. The van der Waals surface area contributed by atoms with Crippen LogP contribution in [0.1, 0.15) is 143 Å². The van der Waals surface area contributed by atoms with Crippen LogP contribution in [0.3, 0.4) is 0 Å². The zero-order chi connectivity index (χ0) is 32.5. The summed E-state index contributed by atoms with van der Waals surface area (Å²) in [5, 5.41) is 0. The molecule has 0 fully saturated rings. The lowest BCUT2D eigenvalue weighted by Gasteiger charge is -2.13. The number of Topliss-reactive ketones (excluding diaryl/α,β-unsaturated/α-hetero) is 1. The first-order valence-corrected chi connectivity index (χ1v) is 17.4. The number of hydrogen-bond acceptors (Lipinski definition) is 3. The largest absolute Gasteiger partial charge is 0.366 e. The Labute approximate surface area is 270 Å². The topological polar surface area (TPSA) is 77.2 Å². The van der Waals surface area contributed by atoms with E-state index in [1.807, 2.05) is 0 Å². The van der Waals surface area contributed by atoms with Crippen molar-refractivity contribution in [1.82, 2.24) is 0 Å². The highest BCUT2D eigenvalue weighted by molar-refractivity contribution is 6.10. The lowest BCUT2D eigenvalue weighted by molar-refractivity contribution is -0.131. The van der Waals surface area contributed by atoms with Crippen LogP contribution in [0.15, 0.2) is 84.6 Å². The van der Waals surface area contributed by atoms with Crippen molar-refractivity contribution in [2.24, 2.45) is 11.7 Å². The molecule has 0 bridgehead atoms. The summed E-state index contributed by atoms with van der Waals surface area (Å²) >= 11 is 0. The van der Waals surface area contributed by atoms with Gasteiger partial charge in [0.15, 0.2) is 5.78 Å². The minimum atomic E-state index is -0.662. The second-order valence-corrected chi connectivity index (χ2v) is 11.5. The summed E-state index contributed by atoms with van der Waals surface area (Å²) in [5.74, 6) is -1.55. The molecule has 1 atom stereocenters. The van der Waals surface area contributed by atoms with Gasteiger partial charge in [-0.25, -0.2) is 0 Å². The van der Waals surface area contributed by atoms with Gasteiger partial charge < -0.3 is 5.73 Å². The van der Waals surface area contributed by atoms with Crippen molar-refractivity contribution >= 4 is 17.5 Å². The summed E-state index contributed by atoms with van der Waals surface area (Å²) in [5.41, 5.74) is 5.53. The molecule has 1 amide bonds. The normalized spacial score (nSPS) is 13.6. The van der Waals surface area contributed by atoms with Crippen molar-refractivity contribution < 1.29 is 14.4 Å². The van der Waals surface area contributed by atoms with Gasteiger partial charge in [0.05, 0.1) is 5.92 Å². The second-order valence-electron chi connectivity index (χ2n) is 11.5. The molecule has 0 aliphatic heterocycles. The van der Waals surface area contributed by atoms with Gasteiger partial charge in [-0.3, -0.25) is 14.4 Å². The van der Waals surface area contributed by atoms with Gasteiger partial charge in [0.1, 0.15) is 5.78 Å². The van der Waals surface area contributed by atoms with Crippen LogP contribution in [0.2, 0.25) is 0 Å². The molecular formula is C40H63NO3. The van der Waals surface area contributed by atoms with Gasteiger partial charge >= 0.3 is 0 Å². The quantitative estimate of drug-likeness (QED) is 0.0399. The molecule has 0 saturated heterocycles. The highest BCUT2D eigenvalue weighted by atomic mass is 16.2. The molecule has 4 heteroatoms. The summed E-state index contributed by atoms with van der Waals surface area (Å²) in [6, 6.07) is 0. The minimum absolute atomic E-state index is 0.00543. The molecule has 4 nitrogen and oxygen atoms in total. The van der Waals surface area contributed by atoms with E-state index in [1.165, 1.54) is 13.0 Å². The first kappa shape index (κ1) is 41.0. The van der Waals surface area contributed by atoms with Gasteiger partial charge in [-0.1, -0.05) is 125 Å². The smallest absolute Gasteiger partial charge is 0.244 e. The Hall–Kier alpha value is -3.01. The van der Waals surface area contributed by atoms with Crippen LogP contribution in [-0.2, 0) is 14.4 Å². The summed E-state index contributed by atoms with van der Waals surface area (Å²) in [6.45, 7) is 5.82. The van der Waals surface area contributed by atoms with E-state index in [4.69, 9.17) is 5.73 Å². The van der Waals surface area contributed by atoms with Gasteiger partial charge in [0, 0.05) is 12.0 Å². The Morgan fingerprint density at radius 1 is 0.545 bits per heavy atom. The lowest BCUT2D eigenvalue weighted by atomic mass is 9.88. The van der Waals surface area contributed by atoms with E-state index < -0.39 is 11.8 Å². The number of allylic oxidation sites excluding steroid dienone is 13. The van der Waals surface area contributed by atoms with Crippen LogP contribution in [0.25, 0.3) is 0 Å². The van der Waals surface area contributed by atoms with Crippen molar-refractivity contribution in [3.8, 4) is 0 Å². The van der Waals surface area contributed by atoms with Crippen molar-refractivity contribution in [2.45, 2.75) is 143 Å². The molecule has 0 aliphatic carbocycles. The fraction of sp³-hybridized carbons (Fsp3) is 0.575. The van der Waals surface area contributed by atoms with Crippen LogP contribution in [0, 0.1) is 5.92 Å². The van der Waals surface area contributed by atoms with E-state index >= 15 is 0 Å². The molecule has 0 rings (SSSR count). The van der Waals surface area contributed by atoms with Crippen LogP contribution in [-0.4, -0.2) is 17.5 Å². The average Bonchev–Trinajstić information content (AvgIpc) is 3.00. The fourth-order valence-electron chi connectivity index (χ4n) is 4.73. The number of ketones is 2. The minimum Gasteiger partial charge on any atom is -0.366 e. The number of hydrogen-bond donors (Lipinski definition) is 1. The number of carbonyl (C=O) groups is 3. The van der Waals surface area contributed by atoms with E-state index in [-0.39, 0.29) is 17.1 Å². The van der Waals surface area contributed by atoms with Crippen molar-refractivity contribution in [2.75, 3.05) is 0 Å². The van der Waals surface area contributed by atoms with Gasteiger partial charge in [-0.2, -0.15) is 0 Å². The Morgan fingerprint density at radius 2 is 0.955 bits per heavy atom. The highest BCUT2D eigenvalue weighted by Crippen LogP contribution is 2.19. The molecule has 44 heavy (non-hydrogen) atoms. The van der Waals surface area contributed by atoms with Gasteiger partial charge in [-0.05, 0) is 90.0 Å². The molecule has 0 radical (unpaired) electrons. The van der Waals surface area contributed by atoms with E-state index in [0.717, 1.165) is 109 Å². The van der Waals surface area contributed by atoms with Crippen LogP contribution < -0.4 is 5.73 Å². The Morgan fingerprint density at radius 3 is 1.43 bits per heavy atom. The van der Waals surface area contributed by atoms with Crippen molar-refractivity contribution in [3.63, 3.8) is 0 Å². The number of nitrogens with two attached hydrogens (primary N) is 1. The maximum Gasteiger partial charge on any atom is 0.244 e. The standard InChI is InChI=1S/C40H63NO3/c1-4-6-8-10-12-14-16-18-20-22-24-26-28-30-32-34-38(42)37(39(43)35-36(3)40(41)44)33-31-29-27-25-23-21-19-17-15-13-11-9-7-5-2/h6-9,12-15,18-21,35,37H,4-5,10-11,16-17,22-34H2,1-3H3,(H2,41,44)/b8-6-,9-7-,14-12-,15-13-,20-18-,21-19-,36-35+. The first-order chi connectivity index (χ1) is 21.4. The van der Waals surface area contributed by atoms with Crippen LogP contribution in [0.4, 0.5) is 0 Å². The third-order valence-electron chi connectivity index (χ3n) is 7.45. The monoisotopic (exact) mass is 605 g/mol. The predicted molar refractivity (Wildman–Crippen MR) is 190 cm³/mol. The highest BCUT2D eigenvalue weighted by Gasteiger charge is 2.24. The zero-order valence-corrected chi connectivity index (χ0v) is 28.3. The molecule has 0 aromatic rings. The number of amides is 1. The number of primary amides is 1. The fourth-order valence-corrected chi connectivity index (χ4v) is 4.73. The van der Waals surface area contributed by atoms with E-state index in [9.17, 15) is 14.4 Å². The van der Waals surface area contributed by atoms with Crippen molar-refractivity contribution in [3.05, 3.63) is 84.6 Å². The van der Waals surface area contributed by atoms with Crippen LogP contribution >= 0.6 is 0 Å². The molecule has 1 unspecified atom stereocenters. The Kier molecular flexibility index (Phi) is 29.3.